The van der Waals surface area contributed by atoms with Crippen LogP contribution in [0.5, 0.6) is 11.5 Å². The number of benzene rings is 1. The number of hydrogen-bond acceptors (Lipinski definition) is 4. The third-order valence-corrected chi connectivity index (χ3v) is 4.85. The second-order valence-corrected chi connectivity index (χ2v) is 6.19. The summed E-state index contributed by atoms with van der Waals surface area (Å²) in [6.07, 6.45) is 3.65. The molecule has 0 fully saturated rings. The molecule has 2 aromatic rings. The minimum Gasteiger partial charge on any atom is -0.493 e. The molecule has 0 spiro atoms. The second-order valence-electron chi connectivity index (χ2n) is 5.19. The highest BCUT2D eigenvalue weighted by Gasteiger charge is 2.21. The minimum atomic E-state index is 0.405. The molecular weight excluding hydrogens is 282 g/mol. The molecule has 1 aromatic carbocycles. The van der Waals surface area contributed by atoms with Crippen LogP contribution < -0.4 is 14.8 Å². The molecule has 1 aliphatic rings. The molecule has 4 heteroatoms. The fourth-order valence-corrected chi connectivity index (χ4v) is 3.86. The molecule has 1 atom stereocenters. The third kappa shape index (κ3) is 3.00. The Morgan fingerprint density at radius 3 is 3.00 bits per heavy atom. The molecule has 1 aliphatic carbocycles. The SMILES string of the molecule is CCOc1cc(NC2CCCc3sccc32)ccc1OC. The van der Waals surface area contributed by atoms with E-state index in [4.69, 9.17) is 9.47 Å². The van der Waals surface area contributed by atoms with E-state index >= 15 is 0 Å². The molecule has 3 rings (SSSR count). The topological polar surface area (TPSA) is 30.5 Å². The first-order chi connectivity index (χ1) is 10.3. The van der Waals surface area contributed by atoms with Crippen LogP contribution in [0.1, 0.15) is 36.2 Å². The molecule has 3 nitrogen and oxygen atoms in total. The lowest BCUT2D eigenvalue weighted by Gasteiger charge is -2.25. The van der Waals surface area contributed by atoms with Crippen LogP contribution >= 0.6 is 11.3 Å². The normalized spacial score (nSPS) is 17.1. The molecule has 0 amide bonds. The first-order valence-corrected chi connectivity index (χ1v) is 8.33. The summed E-state index contributed by atoms with van der Waals surface area (Å²) in [6, 6.07) is 8.71. The number of nitrogens with one attached hydrogen (secondary N) is 1. The molecule has 21 heavy (non-hydrogen) atoms. The number of rotatable bonds is 5. The van der Waals surface area contributed by atoms with Crippen LogP contribution in [0, 0.1) is 0 Å². The summed E-state index contributed by atoms with van der Waals surface area (Å²) in [5.74, 6) is 1.58. The van der Waals surface area contributed by atoms with Gasteiger partial charge < -0.3 is 14.8 Å². The third-order valence-electron chi connectivity index (χ3n) is 3.86. The Morgan fingerprint density at radius 1 is 1.29 bits per heavy atom. The van der Waals surface area contributed by atoms with Gasteiger partial charge in [-0.15, -0.1) is 11.3 Å². The first-order valence-electron chi connectivity index (χ1n) is 7.45. The summed E-state index contributed by atoms with van der Waals surface area (Å²) in [4.78, 5) is 1.53. The van der Waals surface area contributed by atoms with Gasteiger partial charge in [0.2, 0.25) is 0 Å². The van der Waals surface area contributed by atoms with Crippen molar-refractivity contribution < 1.29 is 9.47 Å². The molecule has 1 aromatic heterocycles. The predicted molar refractivity (Wildman–Crippen MR) is 87.8 cm³/mol. The van der Waals surface area contributed by atoms with Gasteiger partial charge in [-0.25, -0.2) is 0 Å². The predicted octanol–water partition coefficient (Wildman–Crippen LogP) is 4.64. The fourth-order valence-electron chi connectivity index (χ4n) is 2.87. The van der Waals surface area contributed by atoms with Gasteiger partial charge in [0, 0.05) is 16.6 Å². The number of hydrogen-bond donors (Lipinski definition) is 1. The molecule has 112 valence electrons. The van der Waals surface area contributed by atoms with Crippen molar-refractivity contribution in [1.82, 2.24) is 0 Å². The van der Waals surface area contributed by atoms with E-state index in [-0.39, 0.29) is 0 Å². The summed E-state index contributed by atoms with van der Waals surface area (Å²) < 4.78 is 11.0. The van der Waals surface area contributed by atoms with Crippen molar-refractivity contribution in [3.05, 3.63) is 40.1 Å². The number of fused-ring (bicyclic) bond motifs is 1. The zero-order valence-corrected chi connectivity index (χ0v) is 13.3. The van der Waals surface area contributed by atoms with E-state index in [9.17, 15) is 0 Å². The van der Waals surface area contributed by atoms with Gasteiger partial charge in [-0.1, -0.05) is 0 Å². The maximum atomic E-state index is 5.65. The van der Waals surface area contributed by atoms with Crippen molar-refractivity contribution in [2.24, 2.45) is 0 Å². The maximum Gasteiger partial charge on any atom is 0.163 e. The molecular formula is C17H21NO2S. The Bertz CT molecular complexity index is 609. The average Bonchev–Trinajstić information content (AvgIpc) is 2.98. The Kier molecular flexibility index (Phi) is 4.34. The van der Waals surface area contributed by atoms with Crippen LogP contribution in [0.15, 0.2) is 29.6 Å². The van der Waals surface area contributed by atoms with E-state index in [0.29, 0.717) is 12.6 Å². The Hall–Kier alpha value is -1.68. The Balaban J connectivity index is 1.81. The van der Waals surface area contributed by atoms with E-state index in [1.54, 1.807) is 7.11 Å². The molecule has 1 unspecified atom stereocenters. The van der Waals surface area contributed by atoms with Gasteiger partial charge in [0.05, 0.1) is 19.8 Å². The monoisotopic (exact) mass is 303 g/mol. The highest BCUT2D eigenvalue weighted by Crippen LogP contribution is 2.37. The molecule has 0 saturated heterocycles. The molecule has 0 saturated carbocycles. The van der Waals surface area contributed by atoms with Crippen LogP contribution in [-0.2, 0) is 6.42 Å². The second kappa shape index (κ2) is 6.39. The molecule has 0 radical (unpaired) electrons. The van der Waals surface area contributed by atoms with Crippen molar-refractivity contribution in [1.29, 1.82) is 0 Å². The van der Waals surface area contributed by atoms with Crippen molar-refractivity contribution >= 4 is 17.0 Å². The largest absolute Gasteiger partial charge is 0.493 e. The lowest BCUT2D eigenvalue weighted by atomic mass is 9.94. The van der Waals surface area contributed by atoms with Crippen molar-refractivity contribution in [2.45, 2.75) is 32.2 Å². The molecule has 0 aliphatic heterocycles. The van der Waals surface area contributed by atoms with Crippen LogP contribution in [-0.4, -0.2) is 13.7 Å². The van der Waals surface area contributed by atoms with E-state index in [0.717, 1.165) is 17.2 Å². The summed E-state index contributed by atoms with van der Waals surface area (Å²) >= 11 is 1.87. The number of anilines is 1. The minimum absolute atomic E-state index is 0.405. The summed E-state index contributed by atoms with van der Waals surface area (Å²) in [5, 5.41) is 5.84. The summed E-state index contributed by atoms with van der Waals surface area (Å²) in [5.41, 5.74) is 2.54. The average molecular weight is 303 g/mol. The van der Waals surface area contributed by atoms with Gasteiger partial charge in [-0.05, 0) is 55.3 Å². The van der Waals surface area contributed by atoms with Crippen molar-refractivity contribution in [3.63, 3.8) is 0 Å². The van der Waals surface area contributed by atoms with E-state index in [1.807, 2.05) is 30.4 Å². The van der Waals surface area contributed by atoms with Crippen LogP contribution in [0.25, 0.3) is 0 Å². The van der Waals surface area contributed by atoms with Gasteiger partial charge in [0.15, 0.2) is 11.5 Å². The zero-order chi connectivity index (χ0) is 14.7. The Morgan fingerprint density at radius 2 is 2.19 bits per heavy atom. The number of thiophene rings is 1. The molecule has 1 N–H and O–H groups in total. The molecule has 1 heterocycles. The van der Waals surface area contributed by atoms with Crippen LogP contribution in [0.3, 0.4) is 0 Å². The van der Waals surface area contributed by atoms with E-state index in [1.165, 1.54) is 29.7 Å². The maximum absolute atomic E-state index is 5.65. The Labute approximate surface area is 129 Å². The van der Waals surface area contributed by atoms with Crippen LogP contribution in [0.2, 0.25) is 0 Å². The van der Waals surface area contributed by atoms with Gasteiger partial charge in [-0.2, -0.15) is 0 Å². The fraction of sp³-hybridized carbons (Fsp3) is 0.412. The van der Waals surface area contributed by atoms with E-state index in [2.05, 4.69) is 22.8 Å². The standard InChI is InChI=1S/C17H21NO2S/c1-3-20-16-11-12(7-8-15(16)19-2)18-14-5-4-6-17-13(14)9-10-21-17/h7-11,14,18H,3-6H2,1-2H3. The first kappa shape index (κ1) is 14.3. The summed E-state index contributed by atoms with van der Waals surface area (Å²) in [7, 11) is 1.67. The number of ether oxygens (including phenoxy) is 2. The highest BCUT2D eigenvalue weighted by atomic mass is 32.1. The van der Waals surface area contributed by atoms with Gasteiger partial charge in [0.1, 0.15) is 0 Å². The quantitative estimate of drug-likeness (QED) is 0.872. The van der Waals surface area contributed by atoms with E-state index < -0.39 is 0 Å². The highest BCUT2D eigenvalue weighted by molar-refractivity contribution is 7.10. The van der Waals surface area contributed by atoms with Gasteiger partial charge in [0.25, 0.3) is 0 Å². The number of methoxy groups -OCH3 is 1. The smallest absolute Gasteiger partial charge is 0.163 e. The lowest BCUT2D eigenvalue weighted by molar-refractivity contribution is 0.311. The number of aryl methyl sites for hydroxylation is 1. The van der Waals surface area contributed by atoms with Gasteiger partial charge >= 0.3 is 0 Å². The molecule has 0 bridgehead atoms. The lowest BCUT2D eigenvalue weighted by Crippen LogP contribution is -2.15. The zero-order valence-electron chi connectivity index (χ0n) is 12.5. The summed E-state index contributed by atoms with van der Waals surface area (Å²) in [6.45, 7) is 2.62. The van der Waals surface area contributed by atoms with Crippen LogP contribution in [0.4, 0.5) is 5.69 Å². The van der Waals surface area contributed by atoms with Gasteiger partial charge in [-0.3, -0.25) is 0 Å². The van der Waals surface area contributed by atoms with Crippen molar-refractivity contribution in [2.75, 3.05) is 19.0 Å². The van der Waals surface area contributed by atoms with Crippen molar-refractivity contribution in [3.8, 4) is 11.5 Å².